The van der Waals surface area contributed by atoms with Crippen molar-refractivity contribution in [2.45, 2.75) is 97.5 Å². The number of amides is 3. The first-order chi connectivity index (χ1) is 16.6. The summed E-state index contributed by atoms with van der Waals surface area (Å²) in [6.45, 7) is 9.92. The molecule has 1 saturated heterocycles. The van der Waals surface area contributed by atoms with Crippen molar-refractivity contribution in [3.63, 3.8) is 0 Å². The van der Waals surface area contributed by atoms with Crippen LogP contribution in [0.25, 0.3) is 0 Å². The smallest absolute Gasteiger partial charge is 0.314 e. The number of aliphatic hydroxyl groups excluding tert-OH is 1. The second kappa shape index (κ2) is 9.54. The van der Waals surface area contributed by atoms with Crippen LogP contribution in [0.3, 0.4) is 0 Å². The fraction of sp³-hybridized carbons (Fsp3) is 0.931. The van der Waals surface area contributed by atoms with E-state index in [9.17, 15) is 14.7 Å². The summed E-state index contributed by atoms with van der Waals surface area (Å²) in [5, 5.41) is 10.3. The quantitative estimate of drug-likeness (QED) is 0.605. The van der Waals surface area contributed by atoms with E-state index in [-0.39, 0.29) is 18.0 Å². The molecule has 6 heteroatoms. The Kier molecular flexibility index (Phi) is 6.91. The van der Waals surface area contributed by atoms with Crippen LogP contribution >= 0.6 is 0 Å². The van der Waals surface area contributed by atoms with Gasteiger partial charge in [0.2, 0.25) is 5.91 Å². The van der Waals surface area contributed by atoms with Gasteiger partial charge in [-0.1, -0.05) is 20.8 Å². The molecule has 0 radical (unpaired) electrons. The molecular weight excluding hydrogens is 438 g/mol. The lowest BCUT2D eigenvalue weighted by atomic mass is 9.44. The number of hydrogen-bond donors (Lipinski definition) is 2. The Balaban J connectivity index is 1.18. The van der Waals surface area contributed by atoms with E-state index in [4.69, 9.17) is 5.73 Å². The number of nitrogens with zero attached hydrogens (tertiary/aromatic N) is 2. The minimum Gasteiger partial charge on any atom is -0.393 e. The maximum atomic E-state index is 12.9. The van der Waals surface area contributed by atoms with Gasteiger partial charge in [-0.3, -0.25) is 4.79 Å². The Morgan fingerprint density at radius 2 is 1.57 bits per heavy atom. The molecule has 5 rings (SSSR count). The fourth-order valence-electron chi connectivity index (χ4n) is 10.1. The molecule has 1 aliphatic heterocycles. The summed E-state index contributed by atoms with van der Waals surface area (Å²) in [7, 11) is 0. The summed E-state index contributed by atoms with van der Waals surface area (Å²) in [6, 6.07) is -0.381. The molecule has 4 aliphatic carbocycles. The van der Waals surface area contributed by atoms with E-state index in [0.717, 1.165) is 48.9 Å². The Morgan fingerprint density at radius 3 is 2.29 bits per heavy atom. The predicted octanol–water partition coefficient (Wildman–Crippen LogP) is 4.65. The van der Waals surface area contributed by atoms with E-state index in [1.807, 2.05) is 4.90 Å². The van der Waals surface area contributed by atoms with Crippen LogP contribution in [-0.2, 0) is 4.79 Å². The van der Waals surface area contributed by atoms with Crippen molar-refractivity contribution in [3.8, 4) is 0 Å². The van der Waals surface area contributed by atoms with Crippen LogP contribution in [0.2, 0.25) is 0 Å². The van der Waals surface area contributed by atoms with Crippen molar-refractivity contribution >= 4 is 11.9 Å². The Hall–Kier alpha value is -1.30. The molecule has 0 aromatic carbocycles. The van der Waals surface area contributed by atoms with Gasteiger partial charge >= 0.3 is 6.03 Å². The van der Waals surface area contributed by atoms with Crippen LogP contribution in [0, 0.1) is 46.3 Å². The zero-order valence-electron chi connectivity index (χ0n) is 22.4. The van der Waals surface area contributed by atoms with Gasteiger partial charge in [-0.2, -0.15) is 0 Å². The summed E-state index contributed by atoms with van der Waals surface area (Å²) in [5.41, 5.74) is 6.25. The average Bonchev–Trinajstić information content (AvgIpc) is 3.20. The van der Waals surface area contributed by atoms with Gasteiger partial charge in [-0.15, -0.1) is 0 Å². The van der Waals surface area contributed by atoms with E-state index in [1.54, 1.807) is 4.90 Å². The van der Waals surface area contributed by atoms with Gasteiger partial charge in [0.05, 0.1) is 6.10 Å². The number of nitrogens with two attached hydrogens (primary N) is 1. The summed E-state index contributed by atoms with van der Waals surface area (Å²) in [4.78, 5) is 27.8. The minimum atomic E-state index is -0.381. The molecule has 0 aromatic rings. The number of fused-ring (bicyclic) bond motifs is 5. The highest BCUT2D eigenvalue weighted by atomic mass is 16.3. The van der Waals surface area contributed by atoms with E-state index in [1.165, 1.54) is 44.9 Å². The third-order valence-corrected chi connectivity index (χ3v) is 12.2. The molecule has 0 spiro atoms. The van der Waals surface area contributed by atoms with Gasteiger partial charge in [0.15, 0.2) is 0 Å². The first-order valence-corrected chi connectivity index (χ1v) is 14.6. The maximum Gasteiger partial charge on any atom is 0.314 e. The Labute approximate surface area is 212 Å². The molecule has 6 nitrogen and oxygen atoms in total. The van der Waals surface area contributed by atoms with Crippen molar-refractivity contribution in [1.29, 1.82) is 0 Å². The maximum absolute atomic E-state index is 12.9. The van der Waals surface area contributed by atoms with Crippen molar-refractivity contribution in [3.05, 3.63) is 0 Å². The molecule has 0 bridgehead atoms. The Morgan fingerprint density at radius 1 is 0.914 bits per heavy atom. The van der Waals surface area contributed by atoms with Crippen LogP contribution in [-0.4, -0.2) is 59.1 Å². The molecular formula is C29H49N3O3. The van der Waals surface area contributed by atoms with Crippen LogP contribution in [0.1, 0.15) is 91.4 Å². The fourth-order valence-corrected chi connectivity index (χ4v) is 10.1. The predicted molar refractivity (Wildman–Crippen MR) is 137 cm³/mol. The normalized spacial score (nSPS) is 44.2. The largest absolute Gasteiger partial charge is 0.393 e. The van der Waals surface area contributed by atoms with Gasteiger partial charge in [-0.25, -0.2) is 4.79 Å². The van der Waals surface area contributed by atoms with Crippen molar-refractivity contribution in [2.75, 3.05) is 26.2 Å². The van der Waals surface area contributed by atoms with Crippen molar-refractivity contribution in [2.24, 2.45) is 52.1 Å². The standard InChI is InChI=1S/C29H49N3O3/c1-19(4-9-26(34)31-14-16-32(17-15-31)27(30)35)23-7-8-24-22-6-5-20-18-21(33)10-12-28(20,2)25(22)11-13-29(23,24)3/h19-25,33H,4-18H2,1-3H3,(H2,30,35)/t19?,20-,21-,22-,23+,24-,25-,28-,29+/m0/s1. The number of carbonyl (C=O) groups excluding carboxylic acids is 2. The van der Waals surface area contributed by atoms with Crippen LogP contribution in [0.4, 0.5) is 4.79 Å². The van der Waals surface area contributed by atoms with Crippen molar-refractivity contribution in [1.82, 2.24) is 9.80 Å². The second-order valence-corrected chi connectivity index (χ2v) is 13.5. The summed E-state index contributed by atoms with van der Waals surface area (Å²) in [6.07, 6.45) is 12.9. The molecule has 0 aromatic heterocycles. The summed E-state index contributed by atoms with van der Waals surface area (Å²) >= 11 is 0. The van der Waals surface area contributed by atoms with E-state index >= 15 is 0 Å². The molecule has 5 aliphatic rings. The minimum absolute atomic E-state index is 0.0649. The molecule has 35 heavy (non-hydrogen) atoms. The van der Waals surface area contributed by atoms with E-state index in [2.05, 4.69) is 20.8 Å². The molecule has 3 amide bonds. The first kappa shape index (κ1) is 25.4. The lowest BCUT2D eigenvalue weighted by Crippen LogP contribution is -2.54. The average molecular weight is 488 g/mol. The zero-order chi connectivity index (χ0) is 25.0. The van der Waals surface area contributed by atoms with Crippen molar-refractivity contribution < 1.29 is 14.7 Å². The van der Waals surface area contributed by atoms with Gasteiger partial charge in [0.1, 0.15) is 0 Å². The third-order valence-electron chi connectivity index (χ3n) is 12.2. The molecule has 1 heterocycles. The SMILES string of the molecule is CC(CCC(=O)N1CCN(C(N)=O)CC1)[C@H]1CC[C@H]2[C@@H]3CC[C@H]4C[C@@H](O)CC[C@]4(C)[C@H]3CC[C@]12C. The number of hydrogen-bond acceptors (Lipinski definition) is 3. The number of aliphatic hydroxyl groups is 1. The monoisotopic (exact) mass is 487 g/mol. The number of rotatable bonds is 4. The topological polar surface area (TPSA) is 86.9 Å². The summed E-state index contributed by atoms with van der Waals surface area (Å²) < 4.78 is 0. The molecule has 5 fully saturated rings. The summed E-state index contributed by atoms with van der Waals surface area (Å²) in [5.74, 6) is 4.84. The number of piperazine rings is 1. The highest BCUT2D eigenvalue weighted by molar-refractivity contribution is 5.77. The molecule has 9 atom stereocenters. The molecule has 198 valence electrons. The van der Waals surface area contributed by atoms with Gasteiger partial charge in [0, 0.05) is 32.6 Å². The number of urea groups is 1. The van der Waals surface area contributed by atoms with Crippen LogP contribution in [0.15, 0.2) is 0 Å². The number of carbonyl (C=O) groups is 2. The van der Waals surface area contributed by atoms with Crippen LogP contribution < -0.4 is 5.73 Å². The number of primary amides is 1. The molecule has 1 unspecified atom stereocenters. The van der Waals surface area contributed by atoms with E-state index < -0.39 is 0 Å². The first-order valence-electron chi connectivity index (χ1n) is 14.6. The molecule has 4 saturated carbocycles. The third kappa shape index (κ3) is 4.40. The zero-order valence-corrected chi connectivity index (χ0v) is 22.4. The van der Waals surface area contributed by atoms with Gasteiger partial charge in [-0.05, 0) is 111 Å². The highest BCUT2D eigenvalue weighted by Crippen LogP contribution is 2.68. The Bertz CT molecular complexity index is 811. The van der Waals surface area contributed by atoms with Gasteiger partial charge < -0.3 is 20.6 Å². The lowest BCUT2D eigenvalue weighted by Gasteiger charge is -2.61. The molecule has 3 N–H and O–H groups in total. The van der Waals surface area contributed by atoms with Crippen LogP contribution in [0.5, 0.6) is 0 Å². The van der Waals surface area contributed by atoms with E-state index in [0.29, 0.717) is 49.3 Å². The lowest BCUT2D eigenvalue weighted by molar-refractivity contribution is -0.134. The second-order valence-electron chi connectivity index (χ2n) is 13.5. The highest BCUT2D eigenvalue weighted by Gasteiger charge is 2.60. The van der Waals surface area contributed by atoms with Gasteiger partial charge in [0.25, 0.3) is 0 Å².